The number of ether oxygens (including phenoxy) is 1. The quantitative estimate of drug-likeness (QED) is 0.785. The highest BCUT2D eigenvalue weighted by molar-refractivity contribution is 5.86. The first-order chi connectivity index (χ1) is 10.1. The molecule has 1 aliphatic heterocycles. The third kappa shape index (κ3) is 4.05. The maximum Gasteiger partial charge on any atom is 0.305 e. The van der Waals surface area contributed by atoms with Gasteiger partial charge >= 0.3 is 5.97 Å². The molecule has 1 aliphatic rings. The van der Waals surface area contributed by atoms with Crippen molar-refractivity contribution in [3.8, 4) is 0 Å². The van der Waals surface area contributed by atoms with E-state index in [4.69, 9.17) is 14.3 Å². The molecule has 1 aromatic heterocycles. The lowest BCUT2D eigenvalue weighted by Crippen LogP contribution is -2.57. The largest absolute Gasteiger partial charge is 0.481 e. The lowest BCUT2D eigenvalue weighted by molar-refractivity contribution is -0.150. The fourth-order valence-electron chi connectivity index (χ4n) is 2.48. The summed E-state index contributed by atoms with van der Waals surface area (Å²) in [4.78, 5) is 27.0. The van der Waals surface area contributed by atoms with E-state index in [1.807, 2.05) is 11.0 Å². The number of aliphatic carboxylic acids is 1. The van der Waals surface area contributed by atoms with E-state index in [9.17, 15) is 9.59 Å². The molecule has 21 heavy (non-hydrogen) atoms. The number of carbonyl (C=O) groups is 2. The first-order valence-electron chi connectivity index (χ1n) is 6.87. The molecule has 1 aromatic rings. The number of furan rings is 1. The summed E-state index contributed by atoms with van der Waals surface area (Å²) in [6.45, 7) is 2.56. The van der Waals surface area contributed by atoms with Gasteiger partial charge in [-0.3, -0.25) is 14.5 Å². The number of methoxy groups -OCH3 is 1. The van der Waals surface area contributed by atoms with Crippen molar-refractivity contribution in [2.24, 2.45) is 0 Å². The lowest BCUT2D eigenvalue weighted by Gasteiger charge is -2.39. The van der Waals surface area contributed by atoms with Gasteiger partial charge < -0.3 is 19.2 Å². The Labute approximate surface area is 123 Å². The molecule has 0 radical (unpaired) electrons. The number of carboxylic acid groups (broad SMARTS) is 1. The highest BCUT2D eigenvalue weighted by atomic mass is 16.5. The molecular formula is C14H20N2O5. The molecule has 1 N–H and O–H groups in total. The van der Waals surface area contributed by atoms with Gasteiger partial charge in [-0.25, -0.2) is 0 Å². The molecule has 2 rings (SSSR count). The van der Waals surface area contributed by atoms with Crippen LogP contribution in [0.4, 0.5) is 0 Å². The highest BCUT2D eigenvalue weighted by Gasteiger charge is 2.36. The number of nitrogens with zero attached hydrogens (tertiary/aromatic N) is 2. The predicted molar refractivity (Wildman–Crippen MR) is 73.6 cm³/mol. The topological polar surface area (TPSA) is 83.2 Å². The van der Waals surface area contributed by atoms with Crippen molar-refractivity contribution < 1.29 is 23.8 Å². The first-order valence-corrected chi connectivity index (χ1v) is 6.87. The van der Waals surface area contributed by atoms with Gasteiger partial charge in [0.05, 0.1) is 25.8 Å². The van der Waals surface area contributed by atoms with Crippen LogP contribution < -0.4 is 0 Å². The molecule has 0 bridgehead atoms. The molecule has 1 saturated heterocycles. The summed E-state index contributed by atoms with van der Waals surface area (Å²) >= 11 is 0. The number of hydrogen-bond acceptors (Lipinski definition) is 5. The Kier molecular flexibility index (Phi) is 5.35. The Bertz CT molecular complexity index is 474. The zero-order valence-electron chi connectivity index (χ0n) is 12.0. The average Bonchev–Trinajstić information content (AvgIpc) is 2.94. The van der Waals surface area contributed by atoms with Gasteiger partial charge in [0, 0.05) is 26.7 Å². The monoisotopic (exact) mass is 296 g/mol. The molecule has 1 atom stereocenters. The van der Waals surface area contributed by atoms with E-state index >= 15 is 0 Å². The molecule has 116 valence electrons. The molecule has 2 heterocycles. The summed E-state index contributed by atoms with van der Waals surface area (Å²) < 4.78 is 10.3. The molecule has 7 heteroatoms. The molecule has 1 unspecified atom stereocenters. The maximum atomic E-state index is 12.4. The zero-order valence-corrected chi connectivity index (χ0v) is 12.0. The van der Waals surface area contributed by atoms with Gasteiger partial charge in [-0.15, -0.1) is 0 Å². The van der Waals surface area contributed by atoms with E-state index in [1.54, 1.807) is 24.3 Å². The molecule has 0 aromatic carbocycles. The van der Waals surface area contributed by atoms with Crippen molar-refractivity contribution in [2.45, 2.75) is 19.0 Å². The van der Waals surface area contributed by atoms with Crippen LogP contribution >= 0.6 is 0 Å². The Morgan fingerprint density at radius 1 is 1.52 bits per heavy atom. The summed E-state index contributed by atoms with van der Waals surface area (Å²) in [5.41, 5.74) is 0. The van der Waals surface area contributed by atoms with Crippen LogP contribution in [0.2, 0.25) is 0 Å². The Morgan fingerprint density at radius 2 is 2.33 bits per heavy atom. The van der Waals surface area contributed by atoms with Gasteiger partial charge in [-0.2, -0.15) is 0 Å². The Morgan fingerprint density at radius 3 is 2.95 bits per heavy atom. The first kappa shape index (κ1) is 15.5. The Hall–Kier alpha value is -1.86. The van der Waals surface area contributed by atoms with Crippen LogP contribution in [-0.2, 0) is 20.9 Å². The summed E-state index contributed by atoms with van der Waals surface area (Å²) in [5.74, 6) is -0.415. The smallest absolute Gasteiger partial charge is 0.305 e. The maximum absolute atomic E-state index is 12.4. The van der Waals surface area contributed by atoms with Crippen molar-refractivity contribution in [2.75, 3.05) is 33.4 Å². The van der Waals surface area contributed by atoms with E-state index in [1.165, 1.54) is 0 Å². The highest BCUT2D eigenvalue weighted by Crippen LogP contribution is 2.18. The lowest BCUT2D eigenvalue weighted by atomic mass is 10.1. The van der Waals surface area contributed by atoms with E-state index in [0.717, 1.165) is 5.76 Å². The van der Waals surface area contributed by atoms with Crippen LogP contribution in [0.1, 0.15) is 12.2 Å². The second kappa shape index (κ2) is 7.24. The molecule has 1 amide bonds. The van der Waals surface area contributed by atoms with Crippen molar-refractivity contribution >= 4 is 11.9 Å². The summed E-state index contributed by atoms with van der Waals surface area (Å²) in [7, 11) is 1.58. The summed E-state index contributed by atoms with van der Waals surface area (Å²) in [6, 6.07) is 2.94. The van der Waals surface area contributed by atoms with Crippen LogP contribution in [0.3, 0.4) is 0 Å². The van der Waals surface area contributed by atoms with Gasteiger partial charge in [-0.1, -0.05) is 0 Å². The molecule has 0 aliphatic carbocycles. The minimum Gasteiger partial charge on any atom is -0.481 e. The van der Waals surface area contributed by atoms with Crippen molar-refractivity contribution in [3.63, 3.8) is 0 Å². The fourth-order valence-corrected chi connectivity index (χ4v) is 2.48. The molecule has 7 nitrogen and oxygen atoms in total. The minimum atomic E-state index is -0.980. The van der Waals surface area contributed by atoms with Crippen LogP contribution in [-0.4, -0.2) is 66.2 Å². The molecule has 0 spiro atoms. The van der Waals surface area contributed by atoms with Gasteiger partial charge in [0.25, 0.3) is 0 Å². The van der Waals surface area contributed by atoms with E-state index < -0.39 is 12.0 Å². The third-order valence-electron chi connectivity index (χ3n) is 3.57. The molecule has 1 fully saturated rings. The van der Waals surface area contributed by atoms with Gasteiger partial charge in [0.1, 0.15) is 11.8 Å². The van der Waals surface area contributed by atoms with Crippen LogP contribution in [0.25, 0.3) is 0 Å². The number of carbonyl (C=O) groups excluding carboxylic acids is 1. The number of piperazine rings is 1. The van der Waals surface area contributed by atoms with Crippen molar-refractivity contribution in [1.29, 1.82) is 0 Å². The Balaban J connectivity index is 2.06. The van der Waals surface area contributed by atoms with Gasteiger partial charge in [-0.05, 0) is 12.1 Å². The average molecular weight is 296 g/mol. The van der Waals surface area contributed by atoms with E-state index in [-0.39, 0.29) is 12.3 Å². The summed E-state index contributed by atoms with van der Waals surface area (Å²) in [6.07, 6.45) is 1.36. The van der Waals surface area contributed by atoms with Crippen molar-refractivity contribution in [3.05, 3.63) is 24.2 Å². The standard InChI is InChI=1S/C14H20N2O5/c1-20-8-6-15-4-5-16(10-11-3-2-7-21-11)12(14(15)19)9-13(17)18/h2-3,7,12H,4-6,8-10H2,1H3,(H,17,18). The minimum absolute atomic E-state index is 0.160. The number of hydrogen-bond donors (Lipinski definition) is 1. The normalized spacial score (nSPS) is 20.0. The van der Waals surface area contributed by atoms with E-state index in [0.29, 0.717) is 32.8 Å². The fraction of sp³-hybridized carbons (Fsp3) is 0.571. The van der Waals surface area contributed by atoms with Gasteiger partial charge in [0.15, 0.2) is 0 Å². The second-order valence-corrected chi connectivity index (χ2v) is 4.98. The van der Waals surface area contributed by atoms with E-state index in [2.05, 4.69) is 0 Å². The number of carboxylic acids is 1. The number of amides is 1. The van der Waals surface area contributed by atoms with Gasteiger partial charge in [0.2, 0.25) is 5.91 Å². The summed E-state index contributed by atoms with van der Waals surface area (Å²) in [5, 5.41) is 9.04. The molecular weight excluding hydrogens is 276 g/mol. The van der Waals surface area contributed by atoms with Crippen LogP contribution in [0.15, 0.2) is 22.8 Å². The predicted octanol–water partition coefficient (Wildman–Crippen LogP) is 0.413. The SMILES string of the molecule is COCCN1CCN(Cc2ccco2)C(CC(=O)O)C1=O. The second-order valence-electron chi connectivity index (χ2n) is 4.98. The van der Waals surface area contributed by atoms with Crippen molar-refractivity contribution in [1.82, 2.24) is 9.80 Å². The number of rotatable bonds is 7. The molecule has 0 saturated carbocycles. The third-order valence-corrected chi connectivity index (χ3v) is 3.57. The van der Waals surface area contributed by atoms with Crippen LogP contribution in [0, 0.1) is 0 Å². The van der Waals surface area contributed by atoms with Crippen LogP contribution in [0.5, 0.6) is 0 Å². The zero-order chi connectivity index (χ0) is 15.2.